The van der Waals surface area contributed by atoms with Gasteiger partial charge in [-0.2, -0.15) is 0 Å². The van der Waals surface area contributed by atoms with Crippen LogP contribution in [0.5, 0.6) is 0 Å². The predicted molar refractivity (Wildman–Crippen MR) is 46.5 cm³/mol. The molecule has 2 fully saturated rings. The van der Waals surface area contributed by atoms with Gasteiger partial charge in [-0.05, 0) is 12.8 Å². The summed E-state index contributed by atoms with van der Waals surface area (Å²) in [6, 6.07) is 0. The van der Waals surface area contributed by atoms with E-state index in [0.29, 0.717) is 19.4 Å². The van der Waals surface area contributed by atoms with Crippen molar-refractivity contribution in [1.29, 1.82) is 0 Å². The topological polar surface area (TPSA) is 77.8 Å². The Hall–Kier alpha value is -1.10. The lowest BCUT2D eigenvalue weighted by atomic mass is 10.1. The number of aliphatic hydroxyl groups is 1. The third-order valence-electron chi connectivity index (χ3n) is 3.10. The molecule has 1 amide bonds. The first-order valence-electron chi connectivity index (χ1n) is 4.75. The van der Waals surface area contributed by atoms with Gasteiger partial charge in [0, 0.05) is 25.5 Å². The first-order valence-corrected chi connectivity index (χ1v) is 4.75. The lowest BCUT2D eigenvalue weighted by molar-refractivity contribution is -0.150. The number of likely N-dealkylation sites (tertiary alicyclic amines) is 1. The summed E-state index contributed by atoms with van der Waals surface area (Å²) in [5.41, 5.74) is -0.930. The van der Waals surface area contributed by atoms with Crippen molar-refractivity contribution >= 4 is 11.9 Å². The molecule has 2 rings (SSSR count). The molecule has 0 aromatic rings. The van der Waals surface area contributed by atoms with E-state index in [1.54, 1.807) is 0 Å². The number of hydrogen-bond donors (Lipinski definition) is 2. The first-order chi connectivity index (χ1) is 6.60. The second-order valence-corrected chi connectivity index (χ2v) is 4.09. The van der Waals surface area contributed by atoms with Crippen molar-refractivity contribution in [3.8, 4) is 0 Å². The molecule has 1 aliphatic heterocycles. The van der Waals surface area contributed by atoms with E-state index in [1.807, 2.05) is 0 Å². The molecule has 2 N–H and O–H groups in total. The fourth-order valence-electron chi connectivity index (χ4n) is 2.04. The van der Waals surface area contributed by atoms with Gasteiger partial charge in [0.25, 0.3) is 0 Å². The van der Waals surface area contributed by atoms with Crippen LogP contribution in [0.4, 0.5) is 0 Å². The summed E-state index contributed by atoms with van der Waals surface area (Å²) in [5.74, 6) is -1.13. The third kappa shape index (κ3) is 1.19. The molecule has 0 bridgehead atoms. The number of carbonyl (C=O) groups excluding carboxylic acids is 1. The zero-order valence-corrected chi connectivity index (χ0v) is 7.77. The van der Waals surface area contributed by atoms with Crippen molar-refractivity contribution in [3.05, 3.63) is 0 Å². The minimum Gasteiger partial charge on any atom is -0.479 e. The second kappa shape index (κ2) is 2.95. The van der Waals surface area contributed by atoms with Crippen LogP contribution in [0.3, 0.4) is 0 Å². The van der Waals surface area contributed by atoms with E-state index in [-0.39, 0.29) is 24.9 Å². The lowest BCUT2D eigenvalue weighted by Crippen LogP contribution is -2.44. The summed E-state index contributed by atoms with van der Waals surface area (Å²) in [6.45, 7) is 0.347. The quantitative estimate of drug-likeness (QED) is 0.639. The highest BCUT2D eigenvalue weighted by Gasteiger charge is 2.58. The maximum atomic E-state index is 11.5. The van der Waals surface area contributed by atoms with E-state index in [2.05, 4.69) is 0 Å². The average molecular weight is 199 g/mol. The van der Waals surface area contributed by atoms with Gasteiger partial charge in [-0.15, -0.1) is 0 Å². The van der Waals surface area contributed by atoms with E-state index >= 15 is 0 Å². The number of aliphatic carboxylic acids is 1. The van der Waals surface area contributed by atoms with Crippen LogP contribution in [0.1, 0.15) is 19.3 Å². The van der Waals surface area contributed by atoms with Crippen molar-refractivity contribution in [3.63, 3.8) is 0 Å². The van der Waals surface area contributed by atoms with Crippen LogP contribution in [0, 0.1) is 5.92 Å². The minimum absolute atomic E-state index is 0.0437. The normalized spacial score (nSPS) is 29.4. The van der Waals surface area contributed by atoms with Gasteiger partial charge < -0.3 is 15.1 Å². The minimum atomic E-state index is -0.930. The number of carboxylic acid groups (broad SMARTS) is 1. The van der Waals surface area contributed by atoms with Gasteiger partial charge in [0.2, 0.25) is 5.91 Å². The lowest BCUT2D eigenvalue weighted by Gasteiger charge is -2.23. The van der Waals surface area contributed by atoms with Gasteiger partial charge in [0.05, 0.1) is 0 Å². The number of amides is 1. The van der Waals surface area contributed by atoms with Crippen molar-refractivity contribution in [2.45, 2.75) is 24.8 Å². The summed E-state index contributed by atoms with van der Waals surface area (Å²) in [6.07, 6.45) is 1.38. The highest BCUT2D eigenvalue weighted by atomic mass is 16.4. The monoisotopic (exact) mass is 199 g/mol. The van der Waals surface area contributed by atoms with E-state index in [1.165, 1.54) is 4.90 Å². The molecule has 0 aromatic heterocycles. The van der Waals surface area contributed by atoms with Gasteiger partial charge in [0.15, 0.2) is 0 Å². The molecule has 1 saturated heterocycles. The predicted octanol–water partition coefficient (Wildman–Crippen LogP) is -0.556. The van der Waals surface area contributed by atoms with E-state index in [9.17, 15) is 9.59 Å². The molecule has 0 radical (unpaired) electrons. The average Bonchev–Trinajstić information content (AvgIpc) is 2.86. The van der Waals surface area contributed by atoms with E-state index in [4.69, 9.17) is 10.2 Å². The van der Waals surface area contributed by atoms with Gasteiger partial charge in [-0.25, -0.2) is 4.79 Å². The molecule has 1 unspecified atom stereocenters. The summed E-state index contributed by atoms with van der Waals surface area (Å²) in [5, 5.41) is 17.9. The second-order valence-electron chi connectivity index (χ2n) is 4.09. The molecule has 0 spiro atoms. The van der Waals surface area contributed by atoms with Crippen LogP contribution < -0.4 is 0 Å². The van der Waals surface area contributed by atoms with Crippen molar-refractivity contribution in [2.75, 3.05) is 13.2 Å². The molecule has 2 aliphatic rings. The van der Waals surface area contributed by atoms with Crippen LogP contribution in [0.2, 0.25) is 0 Å². The maximum absolute atomic E-state index is 11.5. The van der Waals surface area contributed by atoms with Crippen LogP contribution >= 0.6 is 0 Å². The van der Waals surface area contributed by atoms with Gasteiger partial charge in [0.1, 0.15) is 5.54 Å². The molecular weight excluding hydrogens is 186 g/mol. The van der Waals surface area contributed by atoms with Crippen LogP contribution in [0.25, 0.3) is 0 Å². The smallest absolute Gasteiger partial charge is 0.329 e. The number of aliphatic hydroxyl groups excluding tert-OH is 1. The van der Waals surface area contributed by atoms with Gasteiger partial charge in [-0.3, -0.25) is 4.79 Å². The molecule has 1 saturated carbocycles. The van der Waals surface area contributed by atoms with Gasteiger partial charge in [-0.1, -0.05) is 0 Å². The van der Waals surface area contributed by atoms with Gasteiger partial charge >= 0.3 is 5.97 Å². The largest absolute Gasteiger partial charge is 0.479 e. The van der Waals surface area contributed by atoms with Crippen LogP contribution in [-0.4, -0.2) is 45.7 Å². The van der Waals surface area contributed by atoms with Crippen molar-refractivity contribution in [1.82, 2.24) is 4.90 Å². The summed E-state index contributed by atoms with van der Waals surface area (Å²) in [4.78, 5) is 23.9. The Kier molecular flexibility index (Phi) is 1.99. The highest BCUT2D eigenvalue weighted by molar-refractivity contribution is 5.90. The number of nitrogens with zero attached hydrogens (tertiary/aromatic N) is 1. The standard InChI is InChI=1S/C9H13NO4/c11-5-6-3-7(12)10(4-6)9(1-2-9)8(13)14/h6,11H,1-5H2,(H,13,14). The zero-order chi connectivity index (χ0) is 10.3. The molecule has 1 aliphatic carbocycles. The summed E-state index contributed by atoms with van der Waals surface area (Å²) in [7, 11) is 0. The van der Waals surface area contributed by atoms with E-state index < -0.39 is 11.5 Å². The number of rotatable bonds is 3. The molecule has 78 valence electrons. The summed E-state index contributed by atoms with van der Waals surface area (Å²) < 4.78 is 0. The SMILES string of the molecule is O=C1CC(CO)CN1C1(C(=O)O)CC1. The number of carbonyl (C=O) groups is 2. The molecule has 1 heterocycles. The summed E-state index contributed by atoms with van der Waals surface area (Å²) >= 11 is 0. The fourth-order valence-corrected chi connectivity index (χ4v) is 2.04. The zero-order valence-electron chi connectivity index (χ0n) is 7.77. The Labute approximate surface area is 81.3 Å². The number of carboxylic acids is 1. The van der Waals surface area contributed by atoms with Crippen molar-refractivity contribution < 1.29 is 19.8 Å². The molecule has 1 atom stereocenters. The first kappa shape index (κ1) is 9.45. The van der Waals surface area contributed by atoms with Crippen LogP contribution in [0.15, 0.2) is 0 Å². The Morgan fingerprint density at radius 1 is 1.57 bits per heavy atom. The molecule has 5 heteroatoms. The van der Waals surface area contributed by atoms with E-state index in [0.717, 1.165) is 0 Å². The third-order valence-corrected chi connectivity index (χ3v) is 3.10. The number of hydrogen-bond acceptors (Lipinski definition) is 3. The van der Waals surface area contributed by atoms with Crippen molar-refractivity contribution in [2.24, 2.45) is 5.92 Å². The molecule has 14 heavy (non-hydrogen) atoms. The Morgan fingerprint density at radius 3 is 2.57 bits per heavy atom. The van der Waals surface area contributed by atoms with Crippen LogP contribution in [-0.2, 0) is 9.59 Å². The highest BCUT2D eigenvalue weighted by Crippen LogP contribution is 2.44. The Morgan fingerprint density at radius 2 is 2.21 bits per heavy atom. The molecule has 0 aromatic carbocycles. The Bertz CT molecular complexity index is 285. The molecule has 5 nitrogen and oxygen atoms in total. The molecular formula is C9H13NO4. The fraction of sp³-hybridized carbons (Fsp3) is 0.778. The maximum Gasteiger partial charge on any atom is 0.329 e. The Balaban J connectivity index is 2.13.